The Balaban J connectivity index is 2.91. The van der Waals surface area contributed by atoms with Crippen LogP contribution in [-0.4, -0.2) is 29.6 Å². The van der Waals surface area contributed by atoms with Crippen molar-refractivity contribution in [3.05, 3.63) is 12.0 Å². The maximum absolute atomic E-state index is 13.8. The second-order valence-corrected chi connectivity index (χ2v) is 4.37. The van der Waals surface area contributed by atoms with E-state index in [1.807, 2.05) is 11.9 Å². The molecule has 0 aliphatic rings. The number of nitrogens with zero attached hydrogens (tertiary/aromatic N) is 3. The van der Waals surface area contributed by atoms with E-state index in [-0.39, 0.29) is 5.82 Å². The minimum atomic E-state index is -0.369. The molecule has 0 spiro atoms. The molecule has 0 atom stereocenters. The van der Waals surface area contributed by atoms with E-state index in [2.05, 4.69) is 36.1 Å². The zero-order chi connectivity index (χ0) is 13.5. The molecule has 1 aromatic rings. The third-order valence-corrected chi connectivity index (χ3v) is 3.08. The fourth-order valence-electron chi connectivity index (χ4n) is 1.94. The van der Waals surface area contributed by atoms with Crippen LogP contribution in [0.4, 0.5) is 16.2 Å². The fraction of sp³-hybridized carbons (Fsp3) is 0.692. The Morgan fingerprint density at radius 1 is 1.33 bits per heavy atom. The number of rotatable bonds is 7. The van der Waals surface area contributed by atoms with Crippen molar-refractivity contribution in [2.75, 3.05) is 23.8 Å². The first kappa shape index (κ1) is 14.7. The number of aromatic nitrogens is 2. The van der Waals surface area contributed by atoms with E-state index < -0.39 is 0 Å². The van der Waals surface area contributed by atoms with Gasteiger partial charge in [-0.2, -0.15) is 4.98 Å². The van der Waals surface area contributed by atoms with Crippen LogP contribution in [0.25, 0.3) is 0 Å². The topological polar surface area (TPSA) is 41.1 Å². The first-order chi connectivity index (χ1) is 8.63. The number of hydrogen-bond donors (Lipinski definition) is 1. The van der Waals surface area contributed by atoms with Gasteiger partial charge in [0.2, 0.25) is 5.95 Å². The fourth-order valence-corrected chi connectivity index (χ4v) is 1.94. The van der Waals surface area contributed by atoms with Crippen molar-refractivity contribution in [2.45, 2.75) is 46.1 Å². The molecule has 0 saturated heterocycles. The molecular formula is C13H23FN4. The van der Waals surface area contributed by atoms with Crippen molar-refractivity contribution >= 4 is 11.8 Å². The van der Waals surface area contributed by atoms with E-state index in [4.69, 9.17) is 0 Å². The highest BCUT2D eigenvalue weighted by Gasteiger charge is 2.17. The van der Waals surface area contributed by atoms with Gasteiger partial charge in [0, 0.05) is 19.6 Å². The molecule has 0 aliphatic heterocycles. The van der Waals surface area contributed by atoms with Crippen molar-refractivity contribution in [2.24, 2.45) is 0 Å². The summed E-state index contributed by atoms with van der Waals surface area (Å²) < 4.78 is 13.8. The quantitative estimate of drug-likeness (QED) is 0.812. The van der Waals surface area contributed by atoms with Gasteiger partial charge in [0.05, 0.1) is 6.20 Å². The molecule has 18 heavy (non-hydrogen) atoms. The minimum absolute atomic E-state index is 0.299. The average molecular weight is 254 g/mol. The van der Waals surface area contributed by atoms with E-state index in [1.54, 1.807) is 0 Å². The van der Waals surface area contributed by atoms with Gasteiger partial charge in [0.15, 0.2) is 11.6 Å². The third kappa shape index (κ3) is 3.55. The lowest BCUT2D eigenvalue weighted by Gasteiger charge is -2.27. The first-order valence-corrected chi connectivity index (χ1v) is 6.63. The van der Waals surface area contributed by atoms with Crippen LogP contribution in [0.3, 0.4) is 0 Å². The summed E-state index contributed by atoms with van der Waals surface area (Å²) in [6.45, 7) is 7.05. The monoisotopic (exact) mass is 254 g/mol. The zero-order valence-electron chi connectivity index (χ0n) is 11.7. The van der Waals surface area contributed by atoms with Crippen molar-refractivity contribution in [1.29, 1.82) is 0 Å². The number of nitrogens with one attached hydrogen (secondary N) is 1. The summed E-state index contributed by atoms with van der Waals surface area (Å²) in [5.41, 5.74) is 0. The highest BCUT2D eigenvalue weighted by molar-refractivity contribution is 5.44. The maximum Gasteiger partial charge on any atom is 0.224 e. The van der Waals surface area contributed by atoms with Crippen LogP contribution in [0, 0.1) is 5.82 Å². The highest BCUT2D eigenvalue weighted by atomic mass is 19.1. The van der Waals surface area contributed by atoms with Crippen molar-refractivity contribution in [3.63, 3.8) is 0 Å². The second-order valence-electron chi connectivity index (χ2n) is 4.37. The molecule has 0 saturated carbocycles. The summed E-state index contributed by atoms with van der Waals surface area (Å²) in [5.74, 6) is 0.495. The second kappa shape index (κ2) is 7.13. The van der Waals surface area contributed by atoms with Crippen LogP contribution in [0.2, 0.25) is 0 Å². The molecule has 1 rings (SSSR count). The number of hydrogen-bond acceptors (Lipinski definition) is 4. The van der Waals surface area contributed by atoms with Gasteiger partial charge in [-0.05, 0) is 19.3 Å². The maximum atomic E-state index is 13.8. The Labute approximate surface area is 109 Å². The summed E-state index contributed by atoms with van der Waals surface area (Å²) in [6, 6.07) is 0.299. The predicted octanol–water partition coefficient (Wildman–Crippen LogP) is 3.06. The number of halogens is 1. The normalized spacial score (nSPS) is 10.8. The van der Waals surface area contributed by atoms with Crippen molar-refractivity contribution in [3.8, 4) is 0 Å². The van der Waals surface area contributed by atoms with Crippen molar-refractivity contribution < 1.29 is 4.39 Å². The Morgan fingerprint density at radius 3 is 2.56 bits per heavy atom. The molecule has 0 fully saturated rings. The van der Waals surface area contributed by atoms with Crippen LogP contribution in [0.1, 0.15) is 40.0 Å². The largest absolute Gasteiger partial charge is 0.354 e. The summed E-state index contributed by atoms with van der Waals surface area (Å²) in [4.78, 5) is 10.1. The molecule has 0 unspecified atom stereocenters. The van der Waals surface area contributed by atoms with Gasteiger partial charge in [-0.25, -0.2) is 9.37 Å². The SMILES string of the molecule is CCCNc1ncc(F)c(N(C)C(CC)CC)n1. The predicted molar refractivity (Wildman–Crippen MR) is 73.5 cm³/mol. The lowest BCUT2D eigenvalue weighted by Crippen LogP contribution is -2.32. The van der Waals surface area contributed by atoms with Gasteiger partial charge in [-0.3, -0.25) is 0 Å². The molecule has 0 bridgehead atoms. The summed E-state index contributed by atoms with van der Waals surface area (Å²) in [5, 5.41) is 3.08. The van der Waals surface area contributed by atoms with Crippen LogP contribution >= 0.6 is 0 Å². The van der Waals surface area contributed by atoms with E-state index in [1.165, 1.54) is 6.20 Å². The Morgan fingerprint density at radius 2 is 2.00 bits per heavy atom. The molecule has 0 aromatic carbocycles. The van der Waals surface area contributed by atoms with E-state index in [9.17, 15) is 4.39 Å². The van der Waals surface area contributed by atoms with Gasteiger partial charge >= 0.3 is 0 Å². The Kier molecular flexibility index (Phi) is 5.82. The molecule has 4 nitrogen and oxygen atoms in total. The summed E-state index contributed by atoms with van der Waals surface area (Å²) in [6.07, 6.45) is 4.15. The van der Waals surface area contributed by atoms with Crippen LogP contribution in [-0.2, 0) is 0 Å². The highest BCUT2D eigenvalue weighted by Crippen LogP contribution is 2.20. The molecule has 102 valence electrons. The van der Waals surface area contributed by atoms with Gasteiger partial charge in [-0.1, -0.05) is 20.8 Å². The third-order valence-electron chi connectivity index (χ3n) is 3.08. The van der Waals surface area contributed by atoms with Crippen LogP contribution < -0.4 is 10.2 Å². The van der Waals surface area contributed by atoms with E-state index >= 15 is 0 Å². The number of anilines is 2. The van der Waals surface area contributed by atoms with Gasteiger partial charge in [0.25, 0.3) is 0 Å². The standard InChI is InChI=1S/C13H23FN4/c1-5-8-15-13-16-9-11(14)12(17-13)18(4)10(6-2)7-3/h9-10H,5-8H2,1-4H3,(H,15,16,17). The molecule has 1 heterocycles. The molecule has 0 radical (unpaired) electrons. The van der Waals surface area contributed by atoms with Gasteiger partial charge < -0.3 is 10.2 Å². The lowest BCUT2D eigenvalue weighted by molar-refractivity contribution is 0.555. The lowest BCUT2D eigenvalue weighted by atomic mass is 10.1. The van der Waals surface area contributed by atoms with Gasteiger partial charge in [-0.15, -0.1) is 0 Å². The summed E-state index contributed by atoms with van der Waals surface area (Å²) >= 11 is 0. The van der Waals surface area contributed by atoms with E-state index in [0.29, 0.717) is 17.8 Å². The smallest absolute Gasteiger partial charge is 0.224 e. The molecule has 1 aromatic heterocycles. The van der Waals surface area contributed by atoms with E-state index in [0.717, 1.165) is 25.8 Å². The zero-order valence-corrected chi connectivity index (χ0v) is 11.7. The molecule has 5 heteroatoms. The molecule has 1 N–H and O–H groups in total. The molecular weight excluding hydrogens is 231 g/mol. The first-order valence-electron chi connectivity index (χ1n) is 6.63. The molecule has 0 amide bonds. The van der Waals surface area contributed by atoms with Crippen LogP contribution in [0.5, 0.6) is 0 Å². The van der Waals surface area contributed by atoms with Gasteiger partial charge in [0.1, 0.15) is 0 Å². The summed E-state index contributed by atoms with van der Waals surface area (Å²) in [7, 11) is 1.88. The Bertz CT molecular complexity index is 366. The Hall–Kier alpha value is -1.39. The average Bonchev–Trinajstić information content (AvgIpc) is 2.39. The molecule has 0 aliphatic carbocycles. The minimum Gasteiger partial charge on any atom is -0.354 e. The van der Waals surface area contributed by atoms with Crippen molar-refractivity contribution in [1.82, 2.24) is 9.97 Å². The van der Waals surface area contributed by atoms with Crippen LogP contribution in [0.15, 0.2) is 6.20 Å².